The number of aromatic nitrogens is 1. The second-order valence-electron chi connectivity index (χ2n) is 4.48. The zero-order chi connectivity index (χ0) is 12.8. The van der Waals surface area contributed by atoms with E-state index >= 15 is 0 Å². The molecule has 18 heavy (non-hydrogen) atoms. The summed E-state index contributed by atoms with van der Waals surface area (Å²) < 4.78 is 5.51. The average Bonchev–Trinajstić information content (AvgIpc) is 2.45. The molecule has 0 radical (unpaired) electrons. The van der Waals surface area contributed by atoms with Crippen molar-refractivity contribution in [2.45, 2.75) is 37.9 Å². The second-order valence-corrected chi connectivity index (χ2v) is 5.79. The molecule has 0 amide bonds. The molecular formula is C14H19NO2S. The van der Waals surface area contributed by atoms with Gasteiger partial charge < -0.3 is 4.74 Å². The van der Waals surface area contributed by atoms with E-state index in [1.165, 1.54) is 6.42 Å². The largest absolute Gasteiger partial charge is 0.492 e. The van der Waals surface area contributed by atoms with Gasteiger partial charge in [-0.3, -0.25) is 9.78 Å². The highest BCUT2D eigenvalue weighted by atomic mass is 32.2. The molecule has 1 fully saturated rings. The van der Waals surface area contributed by atoms with Crippen LogP contribution >= 0.6 is 11.8 Å². The number of ether oxygens (including phenoxy) is 1. The fourth-order valence-electron chi connectivity index (χ4n) is 1.99. The van der Waals surface area contributed by atoms with Gasteiger partial charge in [0.1, 0.15) is 5.75 Å². The molecule has 0 aliphatic carbocycles. The Labute approximate surface area is 112 Å². The topological polar surface area (TPSA) is 39.2 Å². The normalized spacial score (nSPS) is 19.5. The maximum absolute atomic E-state index is 12.3. The van der Waals surface area contributed by atoms with Crippen LogP contribution in [0.25, 0.3) is 0 Å². The van der Waals surface area contributed by atoms with E-state index in [-0.39, 0.29) is 11.0 Å². The molecule has 1 unspecified atom stereocenters. The number of nitrogens with zero attached hydrogens (tertiary/aromatic N) is 1. The molecule has 3 nitrogen and oxygen atoms in total. The van der Waals surface area contributed by atoms with Gasteiger partial charge in [-0.2, -0.15) is 11.8 Å². The number of ketones is 1. The lowest BCUT2D eigenvalue weighted by atomic mass is 10.1. The van der Waals surface area contributed by atoms with Crippen molar-refractivity contribution in [1.29, 1.82) is 0 Å². The first-order chi connectivity index (χ1) is 8.81. The minimum Gasteiger partial charge on any atom is -0.492 e. The van der Waals surface area contributed by atoms with Crippen LogP contribution in [0.5, 0.6) is 5.75 Å². The van der Waals surface area contributed by atoms with Gasteiger partial charge in [-0.25, -0.2) is 0 Å². The van der Waals surface area contributed by atoms with Crippen molar-refractivity contribution < 1.29 is 9.53 Å². The van der Waals surface area contributed by atoms with Gasteiger partial charge in [-0.15, -0.1) is 0 Å². The number of carbonyl (C=O) groups excluding carboxylic acids is 1. The molecule has 0 N–H and O–H groups in total. The van der Waals surface area contributed by atoms with Crippen LogP contribution < -0.4 is 4.74 Å². The predicted octanol–water partition coefficient (Wildman–Crippen LogP) is 3.34. The third kappa shape index (κ3) is 3.48. The van der Waals surface area contributed by atoms with Crippen LogP contribution in [-0.2, 0) is 0 Å². The highest BCUT2D eigenvalue weighted by molar-refractivity contribution is 8.00. The Kier molecular flexibility index (Phi) is 5.05. The first-order valence-corrected chi connectivity index (χ1v) is 7.60. The van der Waals surface area contributed by atoms with Crippen LogP contribution in [-0.4, -0.2) is 28.4 Å². The van der Waals surface area contributed by atoms with Gasteiger partial charge in [0.25, 0.3) is 0 Å². The molecule has 0 saturated carbocycles. The molecule has 2 rings (SSSR count). The maximum atomic E-state index is 12.3. The fourth-order valence-corrected chi connectivity index (χ4v) is 3.26. The predicted molar refractivity (Wildman–Crippen MR) is 74.5 cm³/mol. The van der Waals surface area contributed by atoms with Crippen molar-refractivity contribution in [1.82, 2.24) is 4.98 Å². The summed E-state index contributed by atoms with van der Waals surface area (Å²) in [5.74, 6) is 1.99. The number of hydrogen-bond donors (Lipinski definition) is 0. The Morgan fingerprint density at radius 2 is 2.39 bits per heavy atom. The molecular weight excluding hydrogens is 246 g/mol. The van der Waals surface area contributed by atoms with Crippen LogP contribution in [0.3, 0.4) is 0 Å². The van der Waals surface area contributed by atoms with E-state index in [9.17, 15) is 4.79 Å². The summed E-state index contributed by atoms with van der Waals surface area (Å²) >= 11 is 1.77. The zero-order valence-electron chi connectivity index (χ0n) is 10.7. The van der Waals surface area contributed by atoms with Gasteiger partial charge in [0, 0.05) is 11.8 Å². The molecule has 98 valence electrons. The van der Waals surface area contributed by atoms with Crippen LogP contribution in [0.2, 0.25) is 0 Å². The minimum absolute atomic E-state index is 0.113. The molecule has 1 aliphatic heterocycles. The number of hydrogen-bond acceptors (Lipinski definition) is 4. The lowest BCUT2D eigenvalue weighted by Gasteiger charge is -2.19. The van der Waals surface area contributed by atoms with Crippen molar-refractivity contribution in [3.05, 3.63) is 24.0 Å². The fraction of sp³-hybridized carbons (Fsp3) is 0.571. The number of carbonyl (C=O) groups is 1. The number of thioether (sulfide) groups is 1. The van der Waals surface area contributed by atoms with E-state index in [0.29, 0.717) is 17.9 Å². The van der Waals surface area contributed by atoms with Gasteiger partial charge in [0.05, 0.1) is 18.1 Å². The second kappa shape index (κ2) is 6.78. The van der Waals surface area contributed by atoms with Gasteiger partial charge in [0.15, 0.2) is 5.78 Å². The number of pyridine rings is 1. The highest BCUT2D eigenvalue weighted by Gasteiger charge is 2.23. The Hall–Kier alpha value is -1.03. The van der Waals surface area contributed by atoms with Crippen LogP contribution in [0.4, 0.5) is 0 Å². The molecule has 1 aromatic heterocycles. The molecule has 1 saturated heterocycles. The first kappa shape index (κ1) is 13.4. The summed E-state index contributed by atoms with van der Waals surface area (Å²) in [7, 11) is 0. The van der Waals surface area contributed by atoms with E-state index in [2.05, 4.69) is 11.9 Å². The maximum Gasteiger partial charge on any atom is 0.177 e. The van der Waals surface area contributed by atoms with E-state index < -0.39 is 0 Å². The summed E-state index contributed by atoms with van der Waals surface area (Å²) in [6.07, 6.45) is 7.65. The molecule has 1 aliphatic rings. The third-order valence-electron chi connectivity index (χ3n) is 2.94. The molecule has 1 aromatic rings. The van der Waals surface area contributed by atoms with Crippen LogP contribution in [0, 0.1) is 0 Å². The van der Waals surface area contributed by atoms with Gasteiger partial charge in [-0.1, -0.05) is 13.3 Å². The summed E-state index contributed by atoms with van der Waals surface area (Å²) in [5.41, 5.74) is 0.683. The lowest BCUT2D eigenvalue weighted by molar-refractivity contribution is 0.0984. The summed E-state index contributed by atoms with van der Waals surface area (Å²) in [4.78, 5) is 16.4. The Morgan fingerprint density at radius 1 is 1.50 bits per heavy atom. The highest BCUT2D eigenvalue weighted by Crippen LogP contribution is 2.28. The van der Waals surface area contributed by atoms with Crippen molar-refractivity contribution in [2.24, 2.45) is 0 Å². The van der Waals surface area contributed by atoms with E-state index in [4.69, 9.17) is 4.74 Å². The SMILES string of the molecule is CCCOc1cncc(C(=O)C2CCCCS2)c1. The van der Waals surface area contributed by atoms with Crippen molar-refractivity contribution >= 4 is 17.5 Å². The quantitative estimate of drug-likeness (QED) is 0.765. The van der Waals surface area contributed by atoms with E-state index in [1.54, 1.807) is 24.2 Å². The van der Waals surface area contributed by atoms with Crippen LogP contribution in [0.15, 0.2) is 18.5 Å². The Morgan fingerprint density at radius 3 is 3.11 bits per heavy atom. The molecule has 4 heteroatoms. The van der Waals surface area contributed by atoms with Crippen molar-refractivity contribution in [2.75, 3.05) is 12.4 Å². The molecule has 0 spiro atoms. The summed E-state index contributed by atoms with van der Waals surface area (Å²) in [5, 5.41) is 0.113. The lowest BCUT2D eigenvalue weighted by Crippen LogP contribution is -2.21. The third-order valence-corrected chi connectivity index (χ3v) is 4.32. The monoisotopic (exact) mass is 265 g/mol. The molecule has 2 heterocycles. The first-order valence-electron chi connectivity index (χ1n) is 6.55. The molecule has 0 bridgehead atoms. The Balaban J connectivity index is 2.04. The smallest absolute Gasteiger partial charge is 0.177 e. The van der Waals surface area contributed by atoms with Crippen molar-refractivity contribution in [3.8, 4) is 5.75 Å². The number of rotatable bonds is 5. The molecule has 0 aromatic carbocycles. The summed E-state index contributed by atoms with van der Waals surface area (Å²) in [6.45, 7) is 2.72. The van der Waals surface area contributed by atoms with Crippen molar-refractivity contribution in [3.63, 3.8) is 0 Å². The van der Waals surface area contributed by atoms with Gasteiger partial charge in [-0.05, 0) is 31.1 Å². The van der Waals surface area contributed by atoms with Gasteiger partial charge in [0.2, 0.25) is 0 Å². The standard InChI is InChI=1S/C14H19NO2S/c1-2-6-17-12-8-11(9-15-10-12)14(16)13-5-3-4-7-18-13/h8-10,13H,2-7H2,1H3. The minimum atomic E-state index is 0.113. The molecule has 1 atom stereocenters. The van der Waals surface area contributed by atoms with Gasteiger partial charge >= 0.3 is 0 Å². The van der Waals surface area contributed by atoms with Crippen LogP contribution in [0.1, 0.15) is 43.0 Å². The summed E-state index contributed by atoms with van der Waals surface area (Å²) in [6, 6.07) is 1.82. The van der Waals surface area contributed by atoms with E-state index in [0.717, 1.165) is 25.0 Å². The number of Topliss-reactive ketones (excluding diaryl/α,β-unsaturated/α-hetero) is 1. The zero-order valence-corrected chi connectivity index (χ0v) is 11.5. The average molecular weight is 265 g/mol. The van der Waals surface area contributed by atoms with E-state index in [1.807, 2.05) is 6.07 Å². The Bertz CT molecular complexity index is 403.